The van der Waals surface area contributed by atoms with Crippen LogP contribution in [0.2, 0.25) is 18.1 Å². The summed E-state index contributed by atoms with van der Waals surface area (Å²) in [7, 11) is -2.20. The first-order valence-corrected chi connectivity index (χ1v) is 13.6. The normalized spacial score (nSPS) is 12.3. The summed E-state index contributed by atoms with van der Waals surface area (Å²) in [5.74, 6) is 0.568. The van der Waals surface area contributed by atoms with Crippen molar-refractivity contribution in [1.82, 2.24) is 24.7 Å². The van der Waals surface area contributed by atoms with E-state index in [-0.39, 0.29) is 34.9 Å². The van der Waals surface area contributed by atoms with Gasteiger partial charge in [0.15, 0.2) is 28.9 Å². The number of benzene rings is 1. The van der Waals surface area contributed by atoms with Crippen LogP contribution in [-0.2, 0) is 6.54 Å². The molecule has 0 unspecified atom stereocenters. The summed E-state index contributed by atoms with van der Waals surface area (Å²) in [4.78, 5) is 13.4. The van der Waals surface area contributed by atoms with Crippen molar-refractivity contribution in [3.63, 3.8) is 0 Å². The number of fused-ring (bicyclic) bond motifs is 1. The largest absolute Gasteiger partial charge is 0.539 e. The van der Waals surface area contributed by atoms with Crippen molar-refractivity contribution in [3.8, 4) is 17.3 Å². The molecule has 0 aliphatic heterocycles. The molecule has 4 N–H and O–H groups in total. The highest BCUT2D eigenvalue weighted by Crippen LogP contribution is 2.40. The molecule has 0 fully saturated rings. The Morgan fingerprint density at radius 1 is 1.03 bits per heavy atom. The Morgan fingerprint density at radius 2 is 1.70 bits per heavy atom. The van der Waals surface area contributed by atoms with E-state index < -0.39 is 8.32 Å². The van der Waals surface area contributed by atoms with Gasteiger partial charge in [0.1, 0.15) is 11.5 Å². The van der Waals surface area contributed by atoms with E-state index in [4.69, 9.17) is 15.9 Å². The number of anilines is 2. The standard InChI is InChI=1S/C23H28FN7OSi/c1-23(2,3)33(4,5)32-18-19(25)28-21(29-20(18)26)17-15-10-8-12-27-22(15)31(30-17)13-14-9-6-7-11-16(14)24/h6-12H,13H2,1-5H3,(H4,25,26,28,29). The second-order valence-electron chi connectivity index (χ2n) is 9.48. The topological polar surface area (TPSA) is 118 Å². The fourth-order valence-corrected chi connectivity index (χ4v) is 4.20. The summed E-state index contributed by atoms with van der Waals surface area (Å²) in [6.07, 6.45) is 1.66. The minimum Gasteiger partial charge on any atom is -0.539 e. The first kappa shape index (κ1) is 22.7. The van der Waals surface area contributed by atoms with Gasteiger partial charge in [-0.05, 0) is 36.3 Å². The van der Waals surface area contributed by atoms with Crippen molar-refractivity contribution in [2.45, 2.75) is 45.4 Å². The average Bonchev–Trinajstić information content (AvgIpc) is 3.10. The van der Waals surface area contributed by atoms with E-state index in [1.165, 1.54) is 6.07 Å². The summed E-state index contributed by atoms with van der Waals surface area (Å²) < 4.78 is 22.2. The number of pyridine rings is 1. The van der Waals surface area contributed by atoms with Crippen LogP contribution in [0.3, 0.4) is 0 Å². The molecular weight excluding hydrogens is 437 g/mol. The van der Waals surface area contributed by atoms with Crippen molar-refractivity contribution in [2.75, 3.05) is 11.5 Å². The minimum atomic E-state index is -2.20. The molecule has 0 bridgehead atoms. The Hall–Kier alpha value is -3.53. The van der Waals surface area contributed by atoms with E-state index in [9.17, 15) is 4.39 Å². The van der Waals surface area contributed by atoms with Crippen LogP contribution in [0.25, 0.3) is 22.6 Å². The number of nitrogen functional groups attached to an aromatic ring is 2. The molecule has 0 radical (unpaired) electrons. The smallest absolute Gasteiger partial charge is 0.250 e. The van der Waals surface area contributed by atoms with Gasteiger partial charge in [-0.3, -0.25) is 0 Å². The molecule has 4 aromatic rings. The lowest BCUT2D eigenvalue weighted by Gasteiger charge is -2.36. The molecule has 8 nitrogen and oxygen atoms in total. The van der Waals surface area contributed by atoms with Gasteiger partial charge in [-0.25, -0.2) is 24.0 Å². The zero-order valence-electron chi connectivity index (χ0n) is 19.4. The second-order valence-corrected chi connectivity index (χ2v) is 14.2. The van der Waals surface area contributed by atoms with E-state index in [0.29, 0.717) is 28.0 Å². The molecule has 3 heterocycles. The molecule has 0 saturated carbocycles. The number of nitrogens with two attached hydrogens (primary N) is 2. The lowest BCUT2D eigenvalue weighted by atomic mass is 10.2. The van der Waals surface area contributed by atoms with Crippen LogP contribution >= 0.6 is 0 Å². The predicted octanol–water partition coefficient (Wildman–Crippen LogP) is 4.62. The number of halogens is 1. The highest BCUT2D eigenvalue weighted by molar-refractivity contribution is 6.74. The summed E-state index contributed by atoms with van der Waals surface area (Å²) in [5.41, 5.74) is 14.1. The van der Waals surface area contributed by atoms with Gasteiger partial charge in [0, 0.05) is 11.8 Å². The molecule has 0 saturated heterocycles. The van der Waals surface area contributed by atoms with Crippen LogP contribution in [0.5, 0.6) is 5.75 Å². The third-order valence-corrected chi connectivity index (χ3v) is 10.4. The molecule has 0 amide bonds. The van der Waals surface area contributed by atoms with E-state index in [0.717, 1.165) is 0 Å². The van der Waals surface area contributed by atoms with E-state index >= 15 is 0 Å². The Bertz CT molecular complexity index is 1310. The third kappa shape index (κ3) is 4.25. The molecule has 0 aliphatic carbocycles. The fourth-order valence-electron chi connectivity index (χ4n) is 3.18. The van der Waals surface area contributed by atoms with E-state index in [1.807, 2.05) is 6.07 Å². The number of hydrogen-bond acceptors (Lipinski definition) is 7. The van der Waals surface area contributed by atoms with Crippen LogP contribution in [0, 0.1) is 5.82 Å². The summed E-state index contributed by atoms with van der Waals surface area (Å²) in [6.45, 7) is 10.8. The van der Waals surface area contributed by atoms with Gasteiger partial charge < -0.3 is 15.9 Å². The van der Waals surface area contributed by atoms with E-state index in [2.05, 4.69) is 53.9 Å². The molecule has 1 aromatic carbocycles. The molecule has 3 aromatic heterocycles. The van der Waals surface area contributed by atoms with Gasteiger partial charge in [-0.2, -0.15) is 5.10 Å². The van der Waals surface area contributed by atoms with Crippen LogP contribution in [0.4, 0.5) is 16.0 Å². The Morgan fingerprint density at radius 3 is 2.33 bits per heavy atom. The molecular formula is C23H28FN7OSi. The Labute approximate surface area is 193 Å². The maximum atomic E-state index is 14.2. The lowest BCUT2D eigenvalue weighted by Crippen LogP contribution is -2.44. The van der Waals surface area contributed by atoms with Gasteiger partial charge in [0.2, 0.25) is 0 Å². The average molecular weight is 466 g/mol. The molecule has 0 spiro atoms. The van der Waals surface area contributed by atoms with Crippen LogP contribution in [0.15, 0.2) is 42.6 Å². The first-order chi connectivity index (χ1) is 15.5. The highest BCUT2D eigenvalue weighted by Gasteiger charge is 2.40. The number of aromatic nitrogens is 5. The molecule has 10 heteroatoms. The SMILES string of the molecule is CC(C)(C)[Si](C)(C)Oc1c(N)nc(-c2nn(Cc3ccccc3F)c3ncccc23)nc1N. The molecule has 33 heavy (non-hydrogen) atoms. The van der Waals surface area contributed by atoms with Crippen LogP contribution in [0.1, 0.15) is 26.3 Å². The first-order valence-electron chi connectivity index (χ1n) is 10.7. The van der Waals surface area contributed by atoms with Crippen molar-refractivity contribution in [2.24, 2.45) is 0 Å². The van der Waals surface area contributed by atoms with Crippen LogP contribution < -0.4 is 15.9 Å². The maximum absolute atomic E-state index is 14.2. The van der Waals surface area contributed by atoms with Crippen molar-refractivity contribution >= 4 is 31.0 Å². The number of hydrogen-bond donors (Lipinski definition) is 2. The lowest BCUT2D eigenvalue weighted by molar-refractivity contribution is 0.493. The van der Waals surface area contributed by atoms with Gasteiger partial charge >= 0.3 is 0 Å². The van der Waals surface area contributed by atoms with Crippen molar-refractivity contribution < 1.29 is 8.82 Å². The Kier molecular flexibility index (Phi) is 5.57. The summed E-state index contributed by atoms with van der Waals surface area (Å²) in [5, 5.41) is 5.31. The van der Waals surface area contributed by atoms with Crippen molar-refractivity contribution in [3.05, 3.63) is 54.0 Å². The predicted molar refractivity (Wildman–Crippen MR) is 131 cm³/mol. The van der Waals surface area contributed by atoms with Gasteiger partial charge in [0.25, 0.3) is 8.32 Å². The molecule has 4 rings (SSSR count). The number of rotatable bonds is 5. The van der Waals surface area contributed by atoms with E-state index in [1.54, 1.807) is 35.1 Å². The monoisotopic (exact) mass is 465 g/mol. The van der Waals surface area contributed by atoms with Gasteiger partial charge in [-0.15, -0.1) is 0 Å². The maximum Gasteiger partial charge on any atom is 0.250 e. The third-order valence-electron chi connectivity index (χ3n) is 6.08. The molecule has 172 valence electrons. The zero-order chi connectivity index (χ0) is 24.0. The summed E-state index contributed by atoms with van der Waals surface area (Å²) in [6, 6.07) is 10.2. The highest BCUT2D eigenvalue weighted by atomic mass is 28.4. The zero-order valence-corrected chi connectivity index (χ0v) is 20.4. The minimum absolute atomic E-state index is 0.0437. The van der Waals surface area contributed by atoms with Crippen molar-refractivity contribution in [1.29, 1.82) is 0 Å². The van der Waals surface area contributed by atoms with Gasteiger partial charge in [-0.1, -0.05) is 39.0 Å². The quantitative estimate of drug-likeness (QED) is 0.413. The second kappa shape index (κ2) is 8.11. The summed E-state index contributed by atoms with van der Waals surface area (Å²) >= 11 is 0. The molecule has 0 aliphatic rings. The van der Waals surface area contributed by atoms with Crippen LogP contribution in [-0.4, -0.2) is 33.0 Å². The fraction of sp³-hybridized carbons (Fsp3) is 0.304. The number of nitrogens with zero attached hydrogens (tertiary/aromatic N) is 5. The van der Waals surface area contributed by atoms with Gasteiger partial charge in [0.05, 0.1) is 11.9 Å². The molecule has 0 atom stereocenters. The Balaban J connectivity index is 1.78.